The van der Waals surface area contributed by atoms with Crippen molar-refractivity contribution in [3.8, 4) is 11.4 Å². The quantitative estimate of drug-likeness (QED) is 0.642. The van der Waals surface area contributed by atoms with E-state index in [0.29, 0.717) is 35.3 Å². The average molecular weight is 421 g/mol. The van der Waals surface area contributed by atoms with Crippen LogP contribution in [0.2, 0.25) is 0 Å². The SMILES string of the molecule is O=c1[nH]c(-c2ccc(C(F)(F)F)cc2)nc2c1CN(Cc1ccc(F)cc1F)CC2. The Morgan fingerprint density at radius 2 is 1.80 bits per heavy atom. The molecular formula is C21H16F5N3O. The molecule has 156 valence electrons. The van der Waals surface area contributed by atoms with Crippen molar-refractivity contribution in [2.45, 2.75) is 25.7 Å². The highest BCUT2D eigenvalue weighted by molar-refractivity contribution is 5.56. The van der Waals surface area contributed by atoms with Gasteiger partial charge in [0.05, 0.1) is 16.8 Å². The fourth-order valence-corrected chi connectivity index (χ4v) is 3.46. The fraction of sp³-hybridized carbons (Fsp3) is 0.238. The summed E-state index contributed by atoms with van der Waals surface area (Å²) in [5.74, 6) is -1.10. The van der Waals surface area contributed by atoms with Crippen molar-refractivity contribution in [2.24, 2.45) is 0 Å². The molecule has 0 spiro atoms. The van der Waals surface area contributed by atoms with Gasteiger partial charge < -0.3 is 4.98 Å². The predicted molar refractivity (Wildman–Crippen MR) is 99.5 cm³/mol. The summed E-state index contributed by atoms with van der Waals surface area (Å²) in [6, 6.07) is 7.77. The van der Waals surface area contributed by atoms with Crippen LogP contribution in [-0.2, 0) is 25.7 Å². The molecule has 9 heteroatoms. The van der Waals surface area contributed by atoms with Gasteiger partial charge in [0.2, 0.25) is 0 Å². The maximum atomic E-state index is 13.9. The van der Waals surface area contributed by atoms with E-state index in [1.165, 1.54) is 24.3 Å². The molecule has 2 aromatic carbocycles. The molecule has 4 nitrogen and oxygen atoms in total. The van der Waals surface area contributed by atoms with E-state index in [4.69, 9.17) is 0 Å². The molecule has 1 aromatic heterocycles. The molecule has 0 atom stereocenters. The summed E-state index contributed by atoms with van der Waals surface area (Å²) in [5.41, 5.74) is 0.516. The van der Waals surface area contributed by atoms with E-state index in [0.717, 1.165) is 18.2 Å². The Balaban J connectivity index is 1.56. The van der Waals surface area contributed by atoms with Gasteiger partial charge in [0.25, 0.3) is 5.56 Å². The van der Waals surface area contributed by atoms with Crippen LogP contribution in [0.5, 0.6) is 0 Å². The molecule has 1 N–H and O–H groups in total. The van der Waals surface area contributed by atoms with Crippen LogP contribution in [0.1, 0.15) is 22.4 Å². The molecule has 30 heavy (non-hydrogen) atoms. The molecule has 0 unspecified atom stereocenters. The summed E-state index contributed by atoms with van der Waals surface area (Å²) in [6.07, 6.45) is -4.02. The van der Waals surface area contributed by atoms with E-state index < -0.39 is 23.4 Å². The molecule has 0 amide bonds. The summed E-state index contributed by atoms with van der Waals surface area (Å²) in [6.45, 7) is 0.958. The Morgan fingerprint density at radius 1 is 1.07 bits per heavy atom. The van der Waals surface area contributed by atoms with Crippen molar-refractivity contribution in [3.05, 3.63) is 86.8 Å². The van der Waals surface area contributed by atoms with E-state index in [9.17, 15) is 26.7 Å². The fourth-order valence-electron chi connectivity index (χ4n) is 3.46. The highest BCUT2D eigenvalue weighted by atomic mass is 19.4. The first-order chi connectivity index (χ1) is 14.2. The third-order valence-electron chi connectivity index (χ3n) is 5.04. The topological polar surface area (TPSA) is 49.0 Å². The second kappa shape index (κ2) is 7.64. The standard InChI is InChI=1S/C21H16F5N3O/c22-15-6-3-13(17(23)9-15)10-29-8-7-18-16(11-29)20(30)28-19(27-18)12-1-4-14(5-2-12)21(24,25)26/h1-6,9H,7-8,10-11H2,(H,27,28,30). The van der Waals surface area contributed by atoms with Crippen molar-refractivity contribution in [2.75, 3.05) is 6.54 Å². The molecule has 0 aliphatic carbocycles. The summed E-state index contributed by atoms with van der Waals surface area (Å²) in [5, 5.41) is 0. The molecule has 1 aliphatic rings. The maximum Gasteiger partial charge on any atom is 0.416 e. The second-order valence-electron chi connectivity index (χ2n) is 7.11. The Hall–Kier alpha value is -3.07. The Labute approximate surface area is 168 Å². The van der Waals surface area contributed by atoms with Gasteiger partial charge >= 0.3 is 6.18 Å². The minimum Gasteiger partial charge on any atom is -0.306 e. The van der Waals surface area contributed by atoms with Crippen LogP contribution >= 0.6 is 0 Å². The number of nitrogens with one attached hydrogen (secondary N) is 1. The number of aromatic nitrogens is 2. The number of H-pyrrole nitrogens is 1. The first-order valence-corrected chi connectivity index (χ1v) is 9.16. The average Bonchev–Trinajstić information content (AvgIpc) is 2.70. The molecule has 0 saturated carbocycles. The van der Waals surface area contributed by atoms with Gasteiger partial charge in [-0.1, -0.05) is 18.2 Å². The monoisotopic (exact) mass is 421 g/mol. The van der Waals surface area contributed by atoms with Crippen molar-refractivity contribution in [1.29, 1.82) is 0 Å². The molecule has 3 aromatic rings. The largest absolute Gasteiger partial charge is 0.416 e. The van der Waals surface area contributed by atoms with Crippen LogP contribution in [0.15, 0.2) is 47.3 Å². The summed E-state index contributed by atoms with van der Waals surface area (Å²) in [4.78, 5) is 21.5. The molecular weight excluding hydrogens is 405 g/mol. The van der Waals surface area contributed by atoms with E-state index in [2.05, 4.69) is 9.97 Å². The number of benzene rings is 2. The summed E-state index contributed by atoms with van der Waals surface area (Å²) in [7, 11) is 0. The predicted octanol–water partition coefficient (Wildman–Crippen LogP) is 4.29. The highest BCUT2D eigenvalue weighted by Gasteiger charge is 2.30. The molecule has 4 rings (SSSR count). The summed E-state index contributed by atoms with van der Waals surface area (Å²) >= 11 is 0. The molecule has 0 radical (unpaired) electrons. The number of nitrogens with zero attached hydrogens (tertiary/aromatic N) is 2. The lowest BCUT2D eigenvalue weighted by atomic mass is 10.0. The number of hydrogen-bond acceptors (Lipinski definition) is 3. The van der Waals surface area contributed by atoms with Gasteiger partial charge in [-0.2, -0.15) is 13.2 Å². The zero-order valence-corrected chi connectivity index (χ0v) is 15.6. The molecule has 0 fully saturated rings. The Bertz CT molecular complexity index is 1140. The molecule has 0 bridgehead atoms. The summed E-state index contributed by atoms with van der Waals surface area (Å²) < 4.78 is 65.2. The van der Waals surface area contributed by atoms with Gasteiger partial charge in [0.15, 0.2) is 0 Å². The smallest absolute Gasteiger partial charge is 0.306 e. The van der Waals surface area contributed by atoms with Crippen molar-refractivity contribution in [1.82, 2.24) is 14.9 Å². The van der Waals surface area contributed by atoms with Crippen LogP contribution < -0.4 is 5.56 Å². The van der Waals surface area contributed by atoms with Crippen LogP contribution in [0.3, 0.4) is 0 Å². The molecule has 1 aliphatic heterocycles. The van der Waals surface area contributed by atoms with Gasteiger partial charge in [-0.15, -0.1) is 0 Å². The zero-order valence-electron chi connectivity index (χ0n) is 15.6. The number of hydrogen-bond donors (Lipinski definition) is 1. The number of fused-ring (bicyclic) bond motifs is 1. The van der Waals surface area contributed by atoms with Crippen LogP contribution in [0.25, 0.3) is 11.4 Å². The maximum absolute atomic E-state index is 13.9. The third kappa shape index (κ3) is 4.11. The lowest BCUT2D eigenvalue weighted by Crippen LogP contribution is -2.35. The van der Waals surface area contributed by atoms with Gasteiger partial charge in [-0.3, -0.25) is 9.69 Å². The Morgan fingerprint density at radius 3 is 2.47 bits per heavy atom. The Kier molecular flexibility index (Phi) is 5.15. The number of aromatic amines is 1. The third-order valence-corrected chi connectivity index (χ3v) is 5.04. The minimum atomic E-state index is -4.44. The lowest BCUT2D eigenvalue weighted by molar-refractivity contribution is -0.137. The van der Waals surface area contributed by atoms with Crippen molar-refractivity contribution in [3.63, 3.8) is 0 Å². The minimum absolute atomic E-state index is 0.200. The first kappa shape index (κ1) is 20.2. The van der Waals surface area contributed by atoms with Gasteiger partial charge in [-0.05, 0) is 18.2 Å². The lowest BCUT2D eigenvalue weighted by Gasteiger charge is -2.27. The number of rotatable bonds is 3. The zero-order chi connectivity index (χ0) is 21.5. The van der Waals surface area contributed by atoms with Crippen molar-refractivity contribution < 1.29 is 22.0 Å². The van der Waals surface area contributed by atoms with E-state index in [-0.39, 0.29) is 24.5 Å². The number of halogens is 5. The molecule has 0 saturated heterocycles. The van der Waals surface area contributed by atoms with E-state index >= 15 is 0 Å². The van der Waals surface area contributed by atoms with Gasteiger partial charge in [0.1, 0.15) is 17.5 Å². The van der Waals surface area contributed by atoms with Crippen LogP contribution in [0.4, 0.5) is 22.0 Å². The van der Waals surface area contributed by atoms with Gasteiger partial charge in [-0.25, -0.2) is 13.8 Å². The van der Waals surface area contributed by atoms with Gasteiger partial charge in [0, 0.05) is 43.2 Å². The first-order valence-electron chi connectivity index (χ1n) is 9.16. The van der Waals surface area contributed by atoms with E-state index in [1.54, 1.807) is 0 Å². The second-order valence-corrected chi connectivity index (χ2v) is 7.11. The number of alkyl halides is 3. The van der Waals surface area contributed by atoms with Crippen LogP contribution in [0, 0.1) is 11.6 Å². The van der Waals surface area contributed by atoms with Crippen molar-refractivity contribution >= 4 is 0 Å². The molecule has 2 heterocycles. The van der Waals surface area contributed by atoms with Crippen LogP contribution in [-0.4, -0.2) is 21.4 Å². The normalized spacial score (nSPS) is 14.6. The highest BCUT2D eigenvalue weighted by Crippen LogP contribution is 2.30. The van der Waals surface area contributed by atoms with E-state index in [1.807, 2.05) is 4.90 Å².